The van der Waals surface area contributed by atoms with Gasteiger partial charge in [0.05, 0.1) is 7.11 Å². The Hall–Kier alpha value is -1.05. The van der Waals surface area contributed by atoms with Crippen molar-refractivity contribution in [3.05, 3.63) is 24.4 Å². The van der Waals surface area contributed by atoms with E-state index in [4.69, 9.17) is 4.74 Å². The maximum atomic E-state index is 4.95. The van der Waals surface area contributed by atoms with Gasteiger partial charge in [0.25, 0.3) is 0 Å². The number of aliphatic imine (C=N–C) groups is 1. The first-order chi connectivity index (χ1) is 4.76. The molecular weight excluding hydrogens is 126 g/mol. The van der Waals surface area contributed by atoms with Gasteiger partial charge in [-0.2, -0.15) is 0 Å². The third kappa shape index (κ3) is 2.49. The van der Waals surface area contributed by atoms with Crippen LogP contribution in [0.3, 0.4) is 0 Å². The minimum atomic E-state index is 0.623. The molecule has 0 aliphatic rings. The van der Waals surface area contributed by atoms with Crippen molar-refractivity contribution in [2.45, 2.75) is 13.8 Å². The van der Waals surface area contributed by atoms with E-state index in [0.29, 0.717) is 5.90 Å². The standard InChI is InChI=1S/C8H13NO/c1-5-7(3)8(10-4)9-6-2/h5-6H,2H2,1,3-4H3/b7-5-,9-8?. The molecule has 0 aromatic carbocycles. The van der Waals surface area contributed by atoms with E-state index in [1.54, 1.807) is 7.11 Å². The first-order valence-electron chi connectivity index (χ1n) is 3.12. The first-order valence-corrected chi connectivity index (χ1v) is 3.12. The number of methoxy groups -OCH3 is 1. The van der Waals surface area contributed by atoms with Gasteiger partial charge in [-0.1, -0.05) is 12.7 Å². The molecule has 0 rings (SSSR count). The fourth-order valence-electron chi connectivity index (χ4n) is 0.522. The predicted molar refractivity (Wildman–Crippen MR) is 44.1 cm³/mol. The summed E-state index contributed by atoms with van der Waals surface area (Å²) < 4.78 is 4.95. The van der Waals surface area contributed by atoms with E-state index < -0.39 is 0 Å². The van der Waals surface area contributed by atoms with Crippen molar-refractivity contribution < 1.29 is 4.74 Å². The quantitative estimate of drug-likeness (QED) is 0.424. The topological polar surface area (TPSA) is 21.6 Å². The van der Waals surface area contributed by atoms with Gasteiger partial charge in [-0.25, -0.2) is 4.99 Å². The fourth-order valence-corrected chi connectivity index (χ4v) is 0.522. The van der Waals surface area contributed by atoms with Crippen LogP contribution in [0.5, 0.6) is 0 Å². The number of nitrogens with zero attached hydrogens (tertiary/aromatic N) is 1. The molecule has 0 aliphatic carbocycles. The zero-order valence-electron chi connectivity index (χ0n) is 6.72. The van der Waals surface area contributed by atoms with Crippen LogP contribution in [-0.2, 0) is 4.74 Å². The van der Waals surface area contributed by atoms with Gasteiger partial charge in [-0.05, 0) is 13.8 Å². The molecule has 0 bridgehead atoms. The Labute approximate surface area is 61.9 Å². The molecule has 0 atom stereocenters. The first kappa shape index (κ1) is 8.95. The molecule has 0 unspecified atom stereocenters. The number of hydrogen-bond donors (Lipinski definition) is 0. The Balaban J connectivity index is 4.35. The van der Waals surface area contributed by atoms with E-state index in [9.17, 15) is 0 Å². The molecule has 0 aliphatic heterocycles. The molecular formula is C8H13NO. The van der Waals surface area contributed by atoms with Crippen LogP contribution in [0.25, 0.3) is 0 Å². The highest BCUT2D eigenvalue weighted by Crippen LogP contribution is 1.97. The fraction of sp³-hybridized carbons (Fsp3) is 0.375. The summed E-state index contributed by atoms with van der Waals surface area (Å²) in [7, 11) is 1.59. The third-order valence-electron chi connectivity index (χ3n) is 1.17. The van der Waals surface area contributed by atoms with Crippen molar-refractivity contribution in [2.75, 3.05) is 7.11 Å². The average molecular weight is 139 g/mol. The average Bonchev–Trinajstić information content (AvgIpc) is 1.99. The van der Waals surface area contributed by atoms with Gasteiger partial charge in [0.2, 0.25) is 5.90 Å². The van der Waals surface area contributed by atoms with Crippen LogP contribution in [-0.4, -0.2) is 13.0 Å². The number of ether oxygens (including phenoxy) is 1. The Kier molecular flexibility index (Phi) is 4.29. The molecule has 56 valence electrons. The van der Waals surface area contributed by atoms with Gasteiger partial charge < -0.3 is 4.74 Å². The monoisotopic (exact) mass is 139 g/mol. The molecule has 2 heteroatoms. The van der Waals surface area contributed by atoms with Crippen LogP contribution in [0, 0.1) is 0 Å². The van der Waals surface area contributed by atoms with E-state index in [1.807, 2.05) is 19.9 Å². The zero-order valence-corrected chi connectivity index (χ0v) is 6.72. The summed E-state index contributed by atoms with van der Waals surface area (Å²) in [6.07, 6.45) is 3.40. The second-order valence-electron chi connectivity index (χ2n) is 1.79. The Bertz CT molecular complexity index is 168. The van der Waals surface area contributed by atoms with Gasteiger partial charge in [-0.15, -0.1) is 0 Å². The maximum Gasteiger partial charge on any atom is 0.215 e. The molecule has 0 aromatic heterocycles. The van der Waals surface area contributed by atoms with Gasteiger partial charge in [0, 0.05) is 11.8 Å². The normalized spacial score (nSPS) is 13.1. The third-order valence-corrected chi connectivity index (χ3v) is 1.17. The molecule has 0 heterocycles. The minimum Gasteiger partial charge on any atom is -0.481 e. The molecule has 0 N–H and O–H groups in total. The summed E-state index contributed by atoms with van der Waals surface area (Å²) in [5, 5.41) is 0. The molecule has 0 fully saturated rings. The summed E-state index contributed by atoms with van der Waals surface area (Å²) in [6.45, 7) is 7.34. The second kappa shape index (κ2) is 4.79. The highest BCUT2D eigenvalue weighted by atomic mass is 16.5. The van der Waals surface area contributed by atoms with Crippen molar-refractivity contribution in [3.8, 4) is 0 Å². The summed E-state index contributed by atoms with van der Waals surface area (Å²) in [5.41, 5.74) is 1.02. The lowest BCUT2D eigenvalue weighted by atomic mass is 10.3. The smallest absolute Gasteiger partial charge is 0.215 e. The molecule has 2 nitrogen and oxygen atoms in total. The summed E-state index contributed by atoms with van der Waals surface area (Å²) >= 11 is 0. The number of hydrogen-bond acceptors (Lipinski definition) is 2. The SMILES string of the molecule is C=CN=C(OC)/C(C)=C\C. The molecule has 0 saturated carbocycles. The number of rotatable bonds is 2. The van der Waals surface area contributed by atoms with Crippen molar-refractivity contribution in [2.24, 2.45) is 4.99 Å². The lowest BCUT2D eigenvalue weighted by molar-refractivity contribution is 0.403. The van der Waals surface area contributed by atoms with Crippen LogP contribution < -0.4 is 0 Å². The molecule has 0 amide bonds. The Morgan fingerprint density at radius 2 is 2.20 bits per heavy atom. The highest BCUT2D eigenvalue weighted by Gasteiger charge is 1.96. The van der Waals surface area contributed by atoms with Crippen LogP contribution in [0.15, 0.2) is 29.4 Å². The van der Waals surface area contributed by atoms with Crippen molar-refractivity contribution >= 4 is 5.90 Å². The molecule has 0 aromatic rings. The minimum absolute atomic E-state index is 0.623. The van der Waals surface area contributed by atoms with Crippen molar-refractivity contribution in [3.63, 3.8) is 0 Å². The number of allylic oxidation sites excluding steroid dienone is 1. The zero-order chi connectivity index (χ0) is 7.98. The summed E-state index contributed by atoms with van der Waals surface area (Å²) in [6, 6.07) is 0. The van der Waals surface area contributed by atoms with Crippen LogP contribution in [0.4, 0.5) is 0 Å². The van der Waals surface area contributed by atoms with E-state index in [2.05, 4.69) is 11.6 Å². The van der Waals surface area contributed by atoms with E-state index >= 15 is 0 Å². The maximum absolute atomic E-state index is 4.95. The predicted octanol–water partition coefficient (Wildman–Crippen LogP) is 2.14. The largest absolute Gasteiger partial charge is 0.481 e. The lowest BCUT2D eigenvalue weighted by Gasteiger charge is -2.01. The van der Waals surface area contributed by atoms with Gasteiger partial charge in [0.15, 0.2) is 0 Å². The second-order valence-corrected chi connectivity index (χ2v) is 1.79. The molecule has 0 radical (unpaired) electrons. The van der Waals surface area contributed by atoms with E-state index in [-0.39, 0.29) is 0 Å². The van der Waals surface area contributed by atoms with Crippen LogP contribution >= 0.6 is 0 Å². The molecule has 0 spiro atoms. The summed E-state index contributed by atoms with van der Waals surface area (Å²) in [4.78, 5) is 3.90. The van der Waals surface area contributed by atoms with Crippen molar-refractivity contribution in [1.82, 2.24) is 0 Å². The van der Waals surface area contributed by atoms with Crippen molar-refractivity contribution in [1.29, 1.82) is 0 Å². The van der Waals surface area contributed by atoms with Gasteiger partial charge in [0.1, 0.15) is 0 Å². The highest BCUT2D eigenvalue weighted by molar-refractivity contribution is 5.93. The Morgan fingerprint density at radius 3 is 2.50 bits per heavy atom. The van der Waals surface area contributed by atoms with Crippen LogP contribution in [0.2, 0.25) is 0 Å². The van der Waals surface area contributed by atoms with Gasteiger partial charge >= 0.3 is 0 Å². The van der Waals surface area contributed by atoms with E-state index in [0.717, 1.165) is 5.57 Å². The van der Waals surface area contributed by atoms with Crippen LogP contribution in [0.1, 0.15) is 13.8 Å². The Morgan fingerprint density at radius 1 is 1.60 bits per heavy atom. The van der Waals surface area contributed by atoms with E-state index in [1.165, 1.54) is 6.20 Å². The summed E-state index contributed by atoms with van der Waals surface area (Å²) in [5.74, 6) is 0.623. The molecule has 10 heavy (non-hydrogen) atoms. The molecule has 0 saturated heterocycles. The lowest BCUT2D eigenvalue weighted by Crippen LogP contribution is -2.01. The van der Waals surface area contributed by atoms with Gasteiger partial charge in [-0.3, -0.25) is 0 Å².